The highest BCUT2D eigenvalue weighted by Crippen LogP contribution is 2.34. The van der Waals surface area contributed by atoms with E-state index in [0.29, 0.717) is 46.6 Å². The first-order valence-corrected chi connectivity index (χ1v) is 11.4. The number of benzene rings is 3. The van der Waals surface area contributed by atoms with Gasteiger partial charge in [0.2, 0.25) is 5.88 Å². The minimum atomic E-state index is -0.408. The predicted octanol–water partition coefficient (Wildman–Crippen LogP) is 5.96. The van der Waals surface area contributed by atoms with Gasteiger partial charge in [-0.05, 0) is 36.4 Å². The molecule has 0 saturated carbocycles. The highest BCUT2D eigenvalue weighted by molar-refractivity contribution is 6.30. The van der Waals surface area contributed by atoms with Gasteiger partial charge in [-0.2, -0.15) is 5.10 Å². The fourth-order valence-electron chi connectivity index (χ4n) is 3.71. The van der Waals surface area contributed by atoms with Crippen molar-refractivity contribution in [2.45, 2.75) is 6.54 Å². The molecule has 0 atom stereocenters. The molecule has 0 N–H and O–H groups in total. The van der Waals surface area contributed by atoms with Crippen LogP contribution in [0.5, 0.6) is 11.6 Å². The summed E-state index contributed by atoms with van der Waals surface area (Å²) >= 11 is 6.01. The van der Waals surface area contributed by atoms with Gasteiger partial charge >= 0.3 is 0 Å². The van der Waals surface area contributed by atoms with Crippen molar-refractivity contribution in [3.63, 3.8) is 0 Å². The average molecular weight is 494 g/mol. The summed E-state index contributed by atoms with van der Waals surface area (Å²) in [6, 6.07) is 22.3. The topological polar surface area (TPSA) is 56.6 Å². The van der Waals surface area contributed by atoms with E-state index in [-0.39, 0.29) is 12.5 Å². The lowest BCUT2D eigenvalue weighted by Crippen LogP contribution is -2.33. The van der Waals surface area contributed by atoms with Gasteiger partial charge in [0, 0.05) is 42.9 Å². The second-order valence-electron chi connectivity index (χ2n) is 7.91. The highest BCUT2D eigenvalue weighted by atomic mass is 35.5. The van der Waals surface area contributed by atoms with Crippen LogP contribution in [-0.4, -0.2) is 40.8 Å². The Kier molecular flexibility index (Phi) is 7.80. The quantitative estimate of drug-likeness (QED) is 0.288. The summed E-state index contributed by atoms with van der Waals surface area (Å²) in [6.07, 6.45) is 0. The monoisotopic (exact) mass is 493 g/mol. The van der Waals surface area contributed by atoms with Crippen molar-refractivity contribution in [2.75, 3.05) is 20.3 Å². The minimum absolute atomic E-state index is 0.182. The van der Waals surface area contributed by atoms with E-state index in [1.54, 1.807) is 60.1 Å². The molecular weight excluding hydrogens is 469 g/mol. The van der Waals surface area contributed by atoms with E-state index in [2.05, 4.69) is 5.10 Å². The molecule has 0 fully saturated rings. The van der Waals surface area contributed by atoms with Crippen LogP contribution in [0.3, 0.4) is 0 Å². The number of aromatic nitrogens is 2. The second kappa shape index (κ2) is 11.2. The molecule has 35 heavy (non-hydrogen) atoms. The zero-order chi connectivity index (χ0) is 24.8. The van der Waals surface area contributed by atoms with Crippen LogP contribution in [-0.2, 0) is 18.3 Å². The van der Waals surface area contributed by atoms with Crippen molar-refractivity contribution in [3.8, 4) is 22.9 Å². The highest BCUT2D eigenvalue weighted by Gasteiger charge is 2.25. The molecule has 8 heteroatoms. The van der Waals surface area contributed by atoms with Gasteiger partial charge < -0.3 is 14.4 Å². The van der Waals surface area contributed by atoms with E-state index in [0.717, 1.165) is 5.56 Å². The lowest BCUT2D eigenvalue weighted by molar-refractivity contribution is 0.0679. The molecule has 0 radical (unpaired) electrons. The Balaban J connectivity index is 1.76. The molecule has 1 heterocycles. The molecule has 0 aliphatic rings. The molecule has 6 nitrogen and oxygen atoms in total. The minimum Gasteiger partial charge on any atom is -0.439 e. The Morgan fingerprint density at radius 1 is 1.06 bits per heavy atom. The maximum Gasteiger partial charge on any atom is 0.254 e. The zero-order valence-corrected chi connectivity index (χ0v) is 20.2. The first-order valence-electron chi connectivity index (χ1n) is 11.0. The Labute approximate surface area is 208 Å². The summed E-state index contributed by atoms with van der Waals surface area (Å²) in [7, 11) is 3.34. The molecule has 4 rings (SSSR count). The molecule has 180 valence electrons. The summed E-state index contributed by atoms with van der Waals surface area (Å²) in [5, 5.41) is 5.24. The summed E-state index contributed by atoms with van der Waals surface area (Å²) in [4.78, 5) is 15.1. The van der Waals surface area contributed by atoms with Crippen LogP contribution in [0.4, 0.5) is 4.39 Å². The lowest BCUT2D eigenvalue weighted by Gasteiger charge is -2.23. The number of halogens is 2. The van der Waals surface area contributed by atoms with E-state index < -0.39 is 5.82 Å². The molecular formula is C27H25ClFN3O3. The zero-order valence-electron chi connectivity index (χ0n) is 19.4. The van der Waals surface area contributed by atoms with E-state index in [1.165, 1.54) is 12.1 Å². The molecule has 4 aromatic rings. The SMILES string of the molecule is COCCN(Cc1c(-c2ccccc2)nn(C)c1Oc1cccc(F)c1)C(=O)c1ccc(Cl)cc1. The van der Waals surface area contributed by atoms with Crippen LogP contribution in [0.2, 0.25) is 5.02 Å². The fraction of sp³-hybridized carbons (Fsp3) is 0.185. The first-order chi connectivity index (χ1) is 17.0. The van der Waals surface area contributed by atoms with Crippen LogP contribution >= 0.6 is 11.6 Å². The Bertz CT molecular complexity index is 1290. The fourth-order valence-corrected chi connectivity index (χ4v) is 3.84. The maximum absolute atomic E-state index is 13.8. The number of ether oxygens (including phenoxy) is 2. The van der Waals surface area contributed by atoms with Crippen molar-refractivity contribution in [3.05, 3.63) is 101 Å². The molecule has 0 spiro atoms. The van der Waals surface area contributed by atoms with Crippen molar-refractivity contribution < 1.29 is 18.7 Å². The number of rotatable bonds is 9. The summed E-state index contributed by atoms with van der Waals surface area (Å²) in [5.41, 5.74) is 2.74. The van der Waals surface area contributed by atoms with Crippen molar-refractivity contribution in [2.24, 2.45) is 7.05 Å². The van der Waals surface area contributed by atoms with Gasteiger partial charge in [-0.25, -0.2) is 9.07 Å². The molecule has 0 unspecified atom stereocenters. The molecule has 3 aromatic carbocycles. The van der Waals surface area contributed by atoms with Crippen LogP contribution in [0.1, 0.15) is 15.9 Å². The van der Waals surface area contributed by atoms with E-state index >= 15 is 0 Å². The first kappa shape index (κ1) is 24.4. The number of hydrogen-bond donors (Lipinski definition) is 0. The number of aryl methyl sites for hydroxylation is 1. The van der Waals surface area contributed by atoms with E-state index in [9.17, 15) is 9.18 Å². The van der Waals surface area contributed by atoms with E-state index in [4.69, 9.17) is 21.1 Å². The van der Waals surface area contributed by atoms with Crippen LogP contribution in [0.25, 0.3) is 11.3 Å². The van der Waals surface area contributed by atoms with Gasteiger partial charge in [0.15, 0.2) is 0 Å². The maximum atomic E-state index is 13.8. The standard InChI is InChI=1S/C27H25ClFN3O3/c1-31-27(35-23-10-6-9-22(29)17-23)24(25(30-31)19-7-4-3-5-8-19)18-32(15-16-34-2)26(33)20-11-13-21(28)14-12-20/h3-14,17H,15-16,18H2,1-2H3. The molecule has 0 saturated heterocycles. The summed E-state index contributed by atoms with van der Waals surface area (Å²) < 4.78 is 26.8. The summed E-state index contributed by atoms with van der Waals surface area (Å²) in [6.45, 7) is 0.897. The van der Waals surface area contributed by atoms with Crippen LogP contribution in [0.15, 0.2) is 78.9 Å². The Morgan fingerprint density at radius 2 is 1.80 bits per heavy atom. The van der Waals surface area contributed by atoms with Crippen molar-refractivity contribution >= 4 is 17.5 Å². The molecule has 0 aliphatic heterocycles. The second-order valence-corrected chi connectivity index (χ2v) is 8.34. The molecule has 0 bridgehead atoms. The van der Waals surface area contributed by atoms with E-state index in [1.807, 2.05) is 30.3 Å². The lowest BCUT2D eigenvalue weighted by atomic mass is 10.1. The third kappa shape index (κ3) is 5.88. The number of carbonyl (C=O) groups excluding carboxylic acids is 1. The van der Waals surface area contributed by atoms with Crippen LogP contribution < -0.4 is 4.74 Å². The Hall–Kier alpha value is -3.68. The van der Waals surface area contributed by atoms with Crippen molar-refractivity contribution in [1.82, 2.24) is 14.7 Å². The number of amides is 1. The molecule has 0 aliphatic carbocycles. The molecule has 1 aromatic heterocycles. The number of nitrogens with zero attached hydrogens (tertiary/aromatic N) is 3. The third-order valence-electron chi connectivity index (χ3n) is 5.44. The van der Waals surface area contributed by atoms with Gasteiger partial charge in [-0.3, -0.25) is 4.79 Å². The molecule has 1 amide bonds. The number of hydrogen-bond acceptors (Lipinski definition) is 4. The van der Waals surface area contributed by atoms with Gasteiger partial charge in [0.05, 0.1) is 18.7 Å². The average Bonchev–Trinajstić information content (AvgIpc) is 3.17. The number of methoxy groups -OCH3 is 1. The Morgan fingerprint density at radius 3 is 2.49 bits per heavy atom. The van der Waals surface area contributed by atoms with Crippen molar-refractivity contribution in [1.29, 1.82) is 0 Å². The van der Waals surface area contributed by atoms with Gasteiger partial charge in [-0.15, -0.1) is 0 Å². The third-order valence-corrected chi connectivity index (χ3v) is 5.69. The van der Waals surface area contributed by atoms with Gasteiger partial charge in [0.1, 0.15) is 17.3 Å². The van der Waals surface area contributed by atoms with Gasteiger partial charge in [0.25, 0.3) is 5.91 Å². The van der Waals surface area contributed by atoms with Crippen LogP contribution in [0, 0.1) is 5.82 Å². The largest absolute Gasteiger partial charge is 0.439 e. The number of carbonyl (C=O) groups is 1. The predicted molar refractivity (Wildman–Crippen MR) is 133 cm³/mol. The van der Waals surface area contributed by atoms with Gasteiger partial charge in [-0.1, -0.05) is 48.0 Å². The normalized spacial score (nSPS) is 10.9. The smallest absolute Gasteiger partial charge is 0.254 e. The summed E-state index contributed by atoms with van der Waals surface area (Å²) in [5.74, 6) is 0.162.